The number of fused-ring (bicyclic) bond motifs is 1. The van der Waals surface area contributed by atoms with Crippen molar-refractivity contribution in [2.75, 3.05) is 18.1 Å². The Morgan fingerprint density at radius 1 is 1.19 bits per heavy atom. The molecular formula is C20H19N3O2S. The summed E-state index contributed by atoms with van der Waals surface area (Å²) < 4.78 is 1.03. The van der Waals surface area contributed by atoms with Gasteiger partial charge in [0.1, 0.15) is 6.67 Å². The van der Waals surface area contributed by atoms with Crippen LogP contribution in [0.1, 0.15) is 28.8 Å². The van der Waals surface area contributed by atoms with Crippen molar-refractivity contribution >= 4 is 38.5 Å². The summed E-state index contributed by atoms with van der Waals surface area (Å²) in [7, 11) is 0. The number of benzene rings is 2. The zero-order valence-corrected chi connectivity index (χ0v) is 15.3. The molecule has 26 heavy (non-hydrogen) atoms. The first-order chi connectivity index (χ1) is 12.6. The third kappa shape index (κ3) is 3.08. The molecule has 3 aromatic rings. The van der Waals surface area contributed by atoms with Crippen molar-refractivity contribution in [2.24, 2.45) is 0 Å². The van der Waals surface area contributed by atoms with Gasteiger partial charge < -0.3 is 4.90 Å². The second-order valence-electron chi connectivity index (χ2n) is 6.41. The number of nitrogens with zero attached hydrogens (tertiary/aromatic N) is 3. The van der Waals surface area contributed by atoms with Crippen LogP contribution in [0.3, 0.4) is 0 Å². The van der Waals surface area contributed by atoms with Crippen molar-refractivity contribution in [3.8, 4) is 0 Å². The number of rotatable bonds is 4. The minimum atomic E-state index is -0.123. The number of likely N-dealkylation sites (tertiary alicyclic amines) is 1. The standard InChI is InChI=1S/C20H19N3O2S/c1-14-7-2-3-8-15(14)19(25)23(13-22-12-6-11-18(22)24)20-21-16-9-4-5-10-17(16)26-20/h2-5,7-10H,6,11-13H2,1H3. The molecule has 132 valence electrons. The lowest BCUT2D eigenvalue weighted by Crippen LogP contribution is -2.42. The van der Waals surface area contributed by atoms with Crippen LogP contribution in [-0.2, 0) is 4.79 Å². The van der Waals surface area contributed by atoms with Crippen LogP contribution in [-0.4, -0.2) is 34.9 Å². The second kappa shape index (κ2) is 6.88. The highest BCUT2D eigenvalue weighted by Gasteiger charge is 2.28. The van der Waals surface area contributed by atoms with Gasteiger partial charge in [-0.1, -0.05) is 41.7 Å². The predicted octanol–water partition coefficient (Wildman–Crippen LogP) is 3.83. The summed E-state index contributed by atoms with van der Waals surface area (Å²) in [5, 5.41) is 0.624. The number of aryl methyl sites for hydroxylation is 1. The topological polar surface area (TPSA) is 53.5 Å². The quantitative estimate of drug-likeness (QED) is 0.706. The minimum absolute atomic E-state index is 0.0914. The van der Waals surface area contributed by atoms with Crippen molar-refractivity contribution in [2.45, 2.75) is 19.8 Å². The summed E-state index contributed by atoms with van der Waals surface area (Å²) in [6.07, 6.45) is 1.39. The molecular weight excluding hydrogens is 346 g/mol. The number of hydrogen-bond donors (Lipinski definition) is 0. The van der Waals surface area contributed by atoms with E-state index in [0.29, 0.717) is 23.7 Å². The van der Waals surface area contributed by atoms with Crippen LogP contribution >= 0.6 is 11.3 Å². The van der Waals surface area contributed by atoms with E-state index in [-0.39, 0.29) is 18.5 Å². The third-order valence-electron chi connectivity index (χ3n) is 4.62. The lowest BCUT2D eigenvalue weighted by Gasteiger charge is -2.26. The van der Waals surface area contributed by atoms with Crippen molar-refractivity contribution in [3.05, 3.63) is 59.7 Å². The van der Waals surface area contributed by atoms with Gasteiger partial charge in [0.15, 0.2) is 5.13 Å². The van der Waals surface area contributed by atoms with Crippen molar-refractivity contribution in [1.82, 2.24) is 9.88 Å². The smallest absolute Gasteiger partial charge is 0.261 e. The Morgan fingerprint density at radius 2 is 1.96 bits per heavy atom. The summed E-state index contributed by atoms with van der Waals surface area (Å²) in [4.78, 5) is 33.4. The molecule has 0 aliphatic carbocycles. The molecule has 0 atom stereocenters. The predicted molar refractivity (Wildman–Crippen MR) is 103 cm³/mol. The number of aromatic nitrogens is 1. The molecule has 2 aromatic carbocycles. The molecule has 0 saturated carbocycles. The summed E-state index contributed by atoms with van der Waals surface area (Å²) in [5.74, 6) is -0.0319. The molecule has 1 aromatic heterocycles. The summed E-state index contributed by atoms with van der Waals surface area (Å²) in [6.45, 7) is 2.85. The molecule has 4 rings (SSSR count). The van der Waals surface area contributed by atoms with Crippen LogP contribution < -0.4 is 4.90 Å². The van der Waals surface area contributed by atoms with Gasteiger partial charge in [0, 0.05) is 18.5 Å². The highest BCUT2D eigenvalue weighted by molar-refractivity contribution is 7.22. The third-order valence-corrected chi connectivity index (χ3v) is 5.68. The fourth-order valence-corrected chi connectivity index (χ4v) is 4.13. The van der Waals surface area contributed by atoms with Crippen molar-refractivity contribution < 1.29 is 9.59 Å². The molecule has 1 saturated heterocycles. The van der Waals surface area contributed by atoms with Gasteiger partial charge in [0.05, 0.1) is 10.2 Å². The van der Waals surface area contributed by atoms with E-state index in [2.05, 4.69) is 4.98 Å². The van der Waals surface area contributed by atoms with Gasteiger partial charge in [0.2, 0.25) is 5.91 Å². The van der Waals surface area contributed by atoms with Gasteiger partial charge in [-0.15, -0.1) is 0 Å². The molecule has 0 bridgehead atoms. The van der Waals surface area contributed by atoms with Crippen LogP contribution in [0.5, 0.6) is 0 Å². The Hall–Kier alpha value is -2.73. The SMILES string of the molecule is Cc1ccccc1C(=O)N(CN1CCCC1=O)c1nc2ccccc2s1. The molecule has 1 aliphatic rings. The maximum Gasteiger partial charge on any atom is 0.261 e. The van der Waals surface area contributed by atoms with Crippen LogP contribution in [0.2, 0.25) is 0 Å². The number of amides is 2. The molecule has 0 spiro atoms. The van der Waals surface area contributed by atoms with E-state index in [1.807, 2.05) is 55.5 Å². The number of anilines is 1. The fourth-order valence-electron chi connectivity index (χ4n) is 3.17. The molecule has 1 fully saturated rings. The zero-order valence-electron chi connectivity index (χ0n) is 14.5. The molecule has 0 radical (unpaired) electrons. The largest absolute Gasteiger partial charge is 0.324 e. The fraction of sp³-hybridized carbons (Fsp3) is 0.250. The maximum atomic E-state index is 13.3. The number of carbonyl (C=O) groups is 2. The summed E-state index contributed by atoms with van der Waals surface area (Å²) in [6, 6.07) is 15.3. The lowest BCUT2D eigenvalue weighted by molar-refractivity contribution is -0.127. The molecule has 2 heterocycles. The van der Waals surface area contributed by atoms with Crippen LogP contribution in [0.4, 0.5) is 5.13 Å². The second-order valence-corrected chi connectivity index (χ2v) is 7.42. The van der Waals surface area contributed by atoms with Crippen molar-refractivity contribution in [1.29, 1.82) is 0 Å². The number of thiazole rings is 1. The van der Waals surface area contributed by atoms with E-state index in [4.69, 9.17) is 0 Å². The Morgan fingerprint density at radius 3 is 2.69 bits per heavy atom. The minimum Gasteiger partial charge on any atom is -0.324 e. The zero-order chi connectivity index (χ0) is 18.1. The highest BCUT2D eigenvalue weighted by atomic mass is 32.1. The summed E-state index contributed by atoms with van der Waals surface area (Å²) in [5.41, 5.74) is 2.41. The van der Waals surface area contributed by atoms with Gasteiger partial charge in [0.25, 0.3) is 5.91 Å². The number of hydrogen-bond acceptors (Lipinski definition) is 4. The molecule has 2 amide bonds. The van der Waals surface area contributed by atoms with Gasteiger partial charge in [-0.3, -0.25) is 14.5 Å². The Balaban J connectivity index is 1.74. The average molecular weight is 365 g/mol. The Labute approximate surface area is 155 Å². The maximum absolute atomic E-state index is 13.3. The van der Waals surface area contributed by atoms with E-state index < -0.39 is 0 Å². The first kappa shape index (κ1) is 16.7. The molecule has 5 nitrogen and oxygen atoms in total. The highest BCUT2D eigenvalue weighted by Crippen LogP contribution is 2.30. The molecule has 6 heteroatoms. The van der Waals surface area contributed by atoms with Gasteiger partial charge in [-0.2, -0.15) is 0 Å². The average Bonchev–Trinajstić information content (AvgIpc) is 3.25. The number of carbonyl (C=O) groups excluding carboxylic acids is 2. The Bertz CT molecular complexity index is 949. The van der Waals surface area contributed by atoms with Crippen LogP contribution in [0.25, 0.3) is 10.2 Å². The lowest BCUT2D eigenvalue weighted by atomic mass is 10.1. The monoisotopic (exact) mass is 365 g/mol. The van der Waals surface area contributed by atoms with E-state index in [1.54, 1.807) is 9.80 Å². The molecule has 0 unspecified atom stereocenters. The van der Waals surface area contributed by atoms with Crippen LogP contribution in [0, 0.1) is 6.92 Å². The normalized spacial score (nSPS) is 14.2. The van der Waals surface area contributed by atoms with Crippen LogP contribution in [0.15, 0.2) is 48.5 Å². The van der Waals surface area contributed by atoms with Crippen molar-refractivity contribution in [3.63, 3.8) is 0 Å². The first-order valence-electron chi connectivity index (χ1n) is 8.64. The van der Waals surface area contributed by atoms with E-state index >= 15 is 0 Å². The van der Waals surface area contributed by atoms with E-state index in [1.165, 1.54) is 11.3 Å². The van der Waals surface area contributed by atoms with E-state index in [0.717, 1.165) is 22.2 Å². The number of para-hydroxylation sites is 1. The van der Waals surface area contributed by atoms with Gasteiger partial charge in [-0.05, 0) is 37.1 Å². The van der Waals surface area contributed by atoms with E-state index in [9.17, 15) is 9.59 Å². The van der Waals surface area contributed by atoms with Gasteiger partial charge in [-0.25, -0.2) is 4.98 Å². The molecule has 0 N–H and O–H groups in total. The first-order valence-corrected chi connectivity index (χ1v) is 9.46. The molecule has 1 aliphatic heterocycles. The Kier molecular flexibility index (Phi) is 4.42. The van der Waals surface area contributed by atoms with Gasteiger partial charge >= 0.3 is 0 Å². The summed E-state index contributed by atoms with van der Waals surface area (Å²) >= 11 is 1.47.